The number of aryl methyl sites for hydroxylation is 1. The van der Waals surface area contributed by atoms with Gasteiger partial charge in [-0.2, -0.15) is 0 Å². The average molecular weight is 174 g/mol. The number of aromatic nitrogens is 4. The van der Waals surface area contributed by atoms with Crippen LogP contribution in [-0.4, -0.2) is 19.9 Å². The van der Waals surface area contributed by atoms with Crippen molar-refractivity contribution in [3.05, 3.63) is 42.0 Å². The molecule has 66 valence electrons. The summed E-state index contributed by atoms with van der Waals surface area (Å²) in [6.45, 7) is 1.88. The molecule has 2 aromatic rings. The van der Waals surface area contributed by atoms with E-state index in [0.29, 0.717) is 0 Å². The average Bonchev–Trinajstić information content (AvgIpc) is 2.57. The van der Waals surface area contributed by atoms with E-state index < -0.39 is 0 Å². The molecule has 2 rings (SSSR count). The van der Waals surface area contributed by atoms with Crippen molar-refractivity contribution in [3.63, 3.8) is 0 Å². The predicted octanol–water partition coefficient (Wildman–Crippen LogP) is 1.10. The largest absolute Gasteiger partial charge is 0.348 e. The van der Waals surface area contributed by atoms with Crippen molar-refractivity contribution >= 4 is 0 Å². The van der Waals surface area contributed by atoms with Crippen LogP contribution in [-0.2, 0) is 6.42 Å². The van der Waals surface area contributed by atoms with Crippen LogP contribution in [0.3, 0.4) is 0 Å². The third-order valence-electron chi connectivity index (χ3n) is 1.74. The van der Waals surface area contributed by atoms with Crippen molar-refractivity contribution in [2.75, 3.05) is 0 Å². The molecule has 0 saturated carbocycles. The first kappa shape index (κ1) is 7.91. The zero-order chi connectivity index (χ0) is 9.10. The second-order valence-corrected chi connectivity index (χ2v) is 2.81. The SMILES string of the molecule is Cc1nccc(Cc2ncc[nH]2)n1. The lowest BCUT2D eigenvalue weighted by Gasteiger charge is -1.97. The Morgan fingerprint density at radius 2 is 2.23 bits per heavy atom. The molecule has 0 fully saturated rings. The van der Waals surface area contributed by atoms with Gasteiger partial charge in [-0.25, -0.2) is 15.0 Å². The van der Waals surface area contributed by atoms with E-state index in [1.807, 2.05) is 19.2 Å². The van der Waals surface area contributed by atoms with E-state index in [2.05, 4.69) is 19.9 Å². The van der Waals surface area contributed by atoms with E-state index in [1.165, 1.54) is 0 Å². The van der Waals surface area contributed by atoms with Crippen LogP contribution in [0.4, 0.5) is 0 Å². The summed E-state index contributed by atoms with van der Waals surface area (Å²) in [6.07, 6.45) is 6.05. The molecule has 0 radical (unpaired) electrons. The Labute approximate surface area is 76.1 Å². The summed E-state index contributed by atoms with van der Waals surface area (Å²) >= 11 is 0. The van der Waals surface area contributed by atoms with Gasteiger partial charge >= 0.3 is 0 Å². The number of H-pyrrole nitrogens is 1. The molecule has 1 N–H and O–H groups in total. The molecular weight excluding hydrogens is 164 g/mol. The van der Waals surface area contributed by atoms with Crippen LogP contribution in [0.25, 0.3) is 0 Å². The summed E-state index contributed by atoms with van der Waals surface area (Å²) in [6, 6.07) is 1.90. The van der Waals surface area contributed by atoms with Gasteiger partial charge in [-0.3, -0.25) is 0 Å². The van der Waals surface area contributed by atoms with Crippen LogP contribution >= 0.6 is 0 Å². The fourth-order valence-corrected chi connectivity index (χ4v) is 1.17. The summed E-state index contributed by atoms with van der Waals surface area (Å²) in [4.78, 5) is 15.5. The van der Waals surface area contributed by atoms with E-state index in [0.717, 1.165) is 23.8 Å². The standard InChI is InChI=1S/C9H10N4/c1-7-10-3-2-8(13-7)6-9-11-4-5-12-9/h2-5H,6H2,1H3,(H,11,12). The summed E-state index contributed by atoms with van der Waals surface area (Å²) in [5.41, 5.74) is 0.988. The van der Waals surface area contributed by atoms with Crippen LogP contribution in [0.1, 0.15) is 17.3 Å². The van der Waals surface area contributed by atoms with E-state index in [9.17, 15) is 0 Å². The first-order chi connectivity index (χ1) is 6.34. The zero-order valence-corrected chi connectivity index (χ0v) is 7.36. The van der Waals surface area contributed by atoms with E-state index >= 15 is 0 Å². The van der Waals surface area contributed by atoms with Crippen molar-refractivity contribution in [2.45, 2.75) is 13.3 Å². The summed E-state index contributed by atoms with van der Waals surface area (Å²) in [5.74, 6) is 1.72. The van der Waals surface area contributed by atoms with Crippen LogP contribution in [0.2, 0.25) is 0 Å². The maximum atomic E-state index is 4.28. The van der Waals surface area contributed by atoms with Gasteiger partial charge in [0.05, 0.1) is 5.69 Å². The van der Waals surface area contributed by atoms with Crippen molar-refractivity contribution in [2.24, 2.45) is 0 Å². The van der Waals surface area contributed by atoms with Crippen LogP contribution < -0.4 is 0 Å². The lowest BCUT2D eigenvalue weighted by Crippen LogP contribution is -1.96. The summed E-state index contributed by atoms with van der Waals surface area (Å²) in [7, 11) is 0. The van der Waals surface area contributed by atoms with E-state index in [-0.39, 0.29) is 0 Å². The number of nitrogens with zero attached hydrogens (tertiary/aromatic N) is 3. The molecule has 13 heavy (non-hydrogen) atoms. The second-order valence-electron chi connectivity index (χ2n) is 2.81. The molecule has 0 spiro atoms. The van der Waals surface area contributed by atoms with Gasteiger partial charge in [-0.05, 0) is 13.0 Å². The fraction of sp³-hybridized carbons (Fsp3) is 0.222. The Bertz CT molecular complexity index is 380. The lowest BCUT2D eigenvalue weighted by atomic mass is 10.3. The molecule has 2 heterocycles. The molecule has 0 unspecified atom stereocenters. The van der Waals surface area contributed by atoms with Gasteiger partial charge < -0.3 is 4.98 Å². The molecule has 0 aliphatic rings. The Balaban J connectivity index is 2.19. The monoisotopic (exact) mass is 174 g/mol. The predicted molar refractivity (Wildman–Crippen MR) is 48.2 cm³/mol. The number of aromatic amines is 1. The molecular formula is C9H10N4. The molecule has 0 aliphatic carbocycles. The van der Waals surface area contributed by atoms with Crippen LogP contribution in [0.15, 0.2) is 24.7 Å². The molecule has 4 nitrogen and oxygen atoms in total. The van der Waals surface area contributed by atoms with Gasteiger partial charge in [0, 0.05) is 25.0 Å². The third kappa shape index (κ3) is 1.90. The number of nitrogens with one attached hydrogen (secondary N) is 1. The lowest BCUT2D eigenvalue weighted by molar-refractivity contribution is 0.927. The minimum Gasteiger partial charge on any atom is -0.348 e. The molecule has 0 bridgehead atoms. The van der Waals surface area contributed by atoms with Crippen molar-refractivity contribution < 1.29 is 0 Å². The highest BCUT2D eigenvalue weighted by atomic mass is 14.9. The maximum absolute atomic E-state index is 4.28. The fourth-order valence-electron chi connectivity index (χ4n) is 1.17. The first-order valence-electron chi connectivity index (χ1n) is 4.11. The van der Waals surface area contributed by atoms with Gasteiger partial charge in [-0.15, -0.1) is 0 Å². The number of imidazole rings is 1. The Kier molecular flexibility index (Phi) is 2.04. The molecule has 2 aromatic heterocycles. The van der Waals surface area contributed by atoms with Crippen LogP contribution in [0.5, 0.6) is 0 Å². The van der Waals surface area contributed by atoms with E-state index in [4.69, 9.17) is 0 Å². The smallest absolute Gasteiger partial charge is 0.125 e. The Morgan fingerprint density at radius 1 is 1.31 bits per heavy atom. The van der Waals surface area contributed by atoms with Crippen molar-refractivity contribution in [1.82, 2.24) is 19.9 Å². The van der Waals surface area contributed by atoms with Gasteiger partial charge in [-0.1, -0.05) is 0 Å². The van der Waals surface area contributed by atoms with Crippen LogP contribution in [0, 0.1) is 6.92 Å². The van der Waals surface area contributed by atoms with Gasteiger partial charge in [0.1, 0.15) is 11.6 Å². The first-order valence-corrected chi connectivity index (χ1v) is 4.11. The number of hydrogen-bond donors (Lipinski definition) is 1. The summed E-state index contributed by atoms with van der Waals surface area (Å²) in [5, 5.41) is 0. The highest BCUT2D eigenvalue weighted by molar-refractivity contribution is 5.08. The highest BCUT2D eigenvalue weighted by Crippen LogP contribution is 2.01. The van der Waals surface area contributed by atoms with Crippen molar-refractivity contribution in [1.29, 1.82) is 0 Å². The van der Waals surface area contributed by atoms with Gasteiger partial charge in [0.2, 0.25) is 0 Å². The van der Waals surface area contributed by atoms with Crippen molar-refractivity contribution in [3.8, 4) is 0 Å². The zero-order valence-electron chi connectivity index (χ0n) is 7.36. The molecule has 0 atom stereocenters. The van der Waals surface area contributed by atoms with Gasteiger partial charge in [0.25, 0.3) is 0 Å². The van der Waals surface area contributed by atoms with E-state index in [1.54, 1.807) is 12.4 Å². The number of hydrogen-bond acceptors (Lipinski definition) is 3. The quantitative estimate of drug-likeness (QED) is 0.741. The molecule has 4 heteroatoms. The molecule has 0 aromatic carbocycles. The highest BCUT2D eigenvalue weighted by Gasteiger charge is 1.99. The maximum Gasteiger partial charge on any atom is 0.125 e. The molecule has 0 saturated heterocycles. The summed E-state index contributed by atoms with van der Waals surface area (Å²) < 4.78 is 0. The number of rotatable bonds is 2. The minimum atomic E-state index is 0.732. The topological polar surface area (TPSA) is 54.5 Å². The Hall–Kier alpha value is -1.71. The van der Waals surface area contributed by atoms with Gasteiger partial charge in [0.15, 0.2) is 0 Å². The normalized spacial score (nSPS) is 10.2. The second kappa shape index (κ2) is 3.35. The minimum absolute atomic E-state index is 0.732. The third-order valence-corrected chi connectivity index (χ3v) is 1.74. The molecule has 0 aliphatic heterocycles. The molecule has 0 amide bonds. The Morgan fingerprint density at radius 3 is 2.92 bits per heavy atom.